The van der Waals surface area contributed by atoms with Crippen LogP contribution in [0.1, 0.15) is 139 Å². The number of aromatic hydroxyl groups is 2. The first-order chi connectivity index (χ1) is 33.1. The largest absolute Gasteiger partial charge is 2.00 e. The summed E-state index contributed by atoms with van der Waals surface area (Å²) in [5.41, 5.74) is 5.77. The van der Waals surface area contributed by atoms with E-state index in [2.05, 4.69) is 110 Å². The van der Waals surface area contributed by atoms with Gasteiger partial charge in [0.2, 0.25) is 0 Å². The molecule has 7 rings (SSSR count). The summed E-state index contributed by atoms with van der Waals surface area (Å²) in [4.78, 5) is 31.8. The van der Waals surface area contributed by atoms with Gasteiger partial charge in [-0.3, -0.25) is 0 Å². The van der Waals surface area contributed by atoms with Crippen LogP contribution in [-0.4, -0.2) is 33.9 Å². The van der Waals surface area contributed by atoms with Crippen molar-refractivity contribution in [3.8, 4) is 23.0 Å². The van der Waals surface area contributed by atoms with Crippen LogP contribution in [0, 0.1) is 51.0 Å². The van der Waals surface area contributed by atoms with Crippen molar-refractivity contribution in [2.24, 2.45) is 9.98 Å². The Labute approximate surface area is 434 Å². The molecule has 0 amide bonds. The summed E-state index contributed by atoms with van der Waals surface area (Å²) < 4.78 is 66.3. The number of aliphatic imine (C=N–C) groups is 2. The molecule has 1 aliphatic carbocycles. The second-order valence-corrected chi connectivity index (χ2v) is 21.9. The number of phenolic OH excluding ortho intramolecular Hbond substituents is 2. The topological polar surface area (TPSA) is 164 Å². The first-order valence-corrected chi connectivity index (χ1v) is 23.2. The number of nitrogens with zero attached hydrogens (tertiary/aromatic N) is 2. The van der Waals surface area contributed by atoms with Gasteiger partial charge in [0, 0.05) is 38.8 Å². The standard InChI is InChI=1S/C28H24N2.2C15H20F2O4.Ni/c1-17-9-5-10-18(2)25(17)29-27-22-15-7-13-21-14-8-16-23(24(21)22)28(27)30-26-19(3)11-6-12-20(26)4;2*1-14(2,3)7-9(16)10(17)8(15(4,5)6)12(11(7)18)21-13(19)20;/h5-16H,1-4H3;2*18H,1-6H3,(H,19,20);/q;;;+2/p-2. The quantitative estimate of drug-likeness (QED) is 0.0762. The van der Waals surface area contributed by atoms with E-state index in [4.69, 9.17) is 9.98 Å². The molecule has 6 aromatic rings. The molecule has 73 heavy (non-hydrogen) atoms. The van der Waals surface area contributed by atoms with Crippen LogP contribution in [0.4, 0.5) is 38.5 Å². The molecule has 1 aliphatic rings. The monoisotopic (exact) mass is 1050 g/mol. The molecule has 10 nitrogen and oxygen atoms in total. The molecule has 0 aliphatic heterocycles. The molecular weight excluding hydrogens is 987 g/mol. The van der Waals surface area contributed by atoms with E-state index in [1.807, 2.05) is 0 Å². The van der Waals surface area contributed by atoms with Crippen LogP contribution in [0.15, 0.2) is 82.8 Å². The van der Waals surface area contributed by atoms with Gasteiger partial charge in [0.05, 0.1) is 22.8 Å². The van der Waals surface area contributed by atoms with Crippen LogP contribution in [0.3, 0.4) is 0 Å². The maximum atomic E-state index is 14.4. The number of halogens is 4. The van der Waals surface area contributed by atoms with Crippen molar-refractivity contribution in [3.05, 3.63) is 152 Å². The first-order valence-electron chi connectivity index (χ1n) is 23.2. The number of benzene rings is 6. The Bertz CT molecular complexity index is 2940. The number of carbonyl (C=O) groups is 2. The molecule has 0 fully saturated rings. The summed E-state index contributed by atoms with van der Waals surface area (Å²) in [6, 6.07) is 25.6. The van der Waals surface area contributed by atoms with Gasteiger partial charge in [0.15, 0.2) is 23.3 Å². The van der Waals surface area contributed by atoms with Crippen molar-refractivity contribution >= 4 is 45.9 Å². The maximum absolute atomic E-state index is 14.4. The second-order valence-electron chi connectivity index (χ2n) is 21.9. The number of carboxylic acid groups (broad SMARTS) is 2. The predicted octanol–water partition coefficient (Wildman–Crippen LogP) is 13.3. The molecule has 390 valence electrons. The van der Waals surface area contributed by atoms with Crippen LogP contribution in [-0.2, 0) is 38.2 Å². The van der Waals surface area contributed by atoms with E-state index in [-0.39, 0.29) is 38.7 Å². The van der Waals surface area contributed by atoms with E-state index in [0.717, 1.165) is 33.9 Å². The first kappa shape index (κ1) is 58.8. The minimum absolute atomic E-state index is 0. The second kappa shape index (κ2) is 21.8. The van der Waals surface area contributed by atoms with Crippen molar-refractivity contribution in [2.75, 3.05) is 0 Å². The van der Waals surface area contributed by atoms with E-state index in [1.54, 1.807) is 83.1 Å². The number of hydrogen-bond donors (Lipinski definition) is 2. The molecule has 0 spiro atoms. The Hall–Kier alpha value is -6.73. The molecular formula is C58H62F4N2NiO8. The molecule has 0 heterocycles. The number of aryl methyl sites for hydroxylation is 4. The van der Waals surface area contributed by atoms with Crippen LogP contribution in [0.5, 0.6) is 23.0 Å². The number of para-hydroxylation sites is 2. The predicted molar refractivity (Wildman–Crippen MR) is 271 cm³/mol. The summed E-state index contributed by atoms with van der Waals surface area (Å²) in [6.45, 7) is 27.1. The summed E-state index contributed by atoms with van der Waals surface area (Å²) in [7, 11) is 0. The third kappa shape index (κ3) is 12.4. The SMILES string of the molecule is CC(C)(C)c1c(O)c(OC(=O)[O-])c(C(C)(C)C)c(F)c1F.CC(C)(C)c1c(O)c(OC(=O)[O-])c(C(C)(C)C)c(F)c1F.Cc1cccc(C)c1N=C1C(=Nc2c(C)cccc2C)c2cccc3cccc1c23.[Ni+2]. The fourth-order valence-corrected chi connectivity index (χ4v) is 8.79. The molecule has 0 saturated carbocycles. The number of phenols is 2. The third-order valence-corrected chi connectivity index (χ3v) is 12.0. The fourth-order valence-electron chi connectivity index (χ4n) is 8.79. The fraction of sp³-hybridized carbons (Fsp3) is 0.345. The number of ether oxygens (including phenoxy) is 2. The summed E-state index contributed by atoms with van der Waals surface area (Å²) in [5.74, 6) is -7.59. The van der Waals surface area contributed by atoms with Crippen LogP contribution in [0.25, 0.3) is 10.8 Å². The molecule has 2 N–H and O–H groups in total. The maximum Gasteiger partial charge on any atom is 2.00 e. The molecule has 0 bridgehead atoms. The summed E-state index contributed by atoms with van der Waals surface area (Å²) >= 11 is 0. The van der Waals surface area contributed by atoms with Gasteiger partial charge < -0.3 is 39.5 Å². The Morgan fingerprint density at radius 3 is 0.986 bits per heavy atom. The van der Waals surface area contributed by atoms with Crippen LogP contribution < -0.4 is 19.7 Å². The van der Waals surface area contributed by atoms with Crippen molar-refractivity contribution in [2.45, 2.75) is 132 Å². The summed E-state index contributed by atoms with van der Waals surface area (Å²) in [5, 5.41) is 44.3. The Morgan fingerprint density at radius 2 is 0.726 bits per heavy atom. The zero-order chi connectivity index (χ0) is 54.3. The molecule has 0 aromatic heterocycles. The van der Waals surface area contributed by atoms with E-state index in [9.17, 15) is 47.6 Å². The van der Waals surface area contributed by atoms with Gasteiger partial charge in [0.1, 0.15) is 23.0 Å². The molecule has 0 saturated heterocycles. The zero-order valence-electron chi connectivity index (χ0n) is 44.0. The number of hydrogen-bond acceptors (Lipinski definition) is 10. The minimum Gasteiger partial charge on any atom is -0.510 e. The van der Waals surface area contributed by atoms with E-state index in [0.29, 0.717) is 0 Å². The Balaban J connectivity index is 0.000000243. The van der Waals surface area contributed by atoms with Gasteiger partial charge in [-0.2, -0.15) is 0 Å². The number of carbonyl (C=O) groups excluding carboxylic acids is 2. The van der Waals surface area contributed by atoms with Gasteiger partial charge in [-0.1, -0.05) is 156 Å². The van der Waals surface area contributed by atoms with E-state index >= 15 is 0 Å². The third-order valence-electron chi connectivity index (χ3n) is 12.0. The average molecular weight is 1050 g/mol. The van der Waals surface area contributed by atoms with Crippen molar-refractivity contribution in [3.63, 3.8) is 0 Å². The van der Waals surface area contributed by atoms with Crippen molar-refractivity contribution in [1.29, 1.82) is 0 Å². The minimum atomic E-state index is -1.96. The van der Waals surface area contributed by atoms with E-state index in [1.165, 1.54) is 33.0 Å². The molecule has 0 radical (unpaired) electrons. The summed E-state index contributed by atoms with van der Waals surface area (Å²) in [6.07, 6.45) is -3.91. The number of rotatable bonds is 4. The van der Waals surface area contributed by atoms with Gasteiger partial charge in [-0.15, -0.1) is 0 Å². The van der Waals surface area contributed by atoms with E-state index < -0.39 is 80.2 Å². The molecule has 15 heteroatoms. The van der Waals surface area contributed by atoms with Crippen LogP contribution in [0.2, 0.25) is 0 Å². The van der Waals surface area contributed by atoms with Gasteiger partial charge in [0.25, 0.3) is 12.3 Å². The average Bonchev–Trinajstić information content (AvgIpc) is 3.53. The van der Waals surface area contributed by atoms with Gasteiger partial charge in [-0.05, 0) is 77.0 Å². The smallest absolute Gasteiger partial charge is 0.510 e. The zero-order valence-corrected chi connectivity index (χ0v) is 45.0. The van der Waals surface area contributed by atoms with Gasteiger partial charge in [-0.25, -0.2) is 27.5 Å². The molecule has 0 atom stereocenters. The molecule has 6 aromatic carbocycles. The normalized spacial score (nSPS) is 13.5. The Morgan fingerprint density at radius 1 is 0.466 bits per heavy atom. The van der Waals surface area contributed by atoms with Crippen molar-refractivity contribution in [1.82, 2.24) is 0 Å². The van der Waals surface area contributed by atoms with Crippen molar-refractivity contribution < 1.29 is 73.5 Å². The Kier molecular flexibility index (Phi) is 17.6. The van der Waals surface area contributed by atoms with Gasteiger partial charge >= 0.3 is 16.5 Å². The molecule has 0 unspecified atom stereocenters. The van der Waals surface area contributed by atoms with Crippen LogP contribution >= 0.6 is 0 Å².